The Morgan fingerprint density at radius 1 is 1.47 bits per heavy atom. The Balaban J connectivity index is 2.54. The molecule has 0 spiro atoms. The fourth-order valence-electron chi connectivity index (χ4n) is 1.27. The van der Waals surface area contributed by atoms with Crippen LogP contribution in [0.15, 0.2) is 33.5 Å². The van der Waals surface area contributed by atoms with Crippen molar-refractivity contribution in [1.82, 2.24) is 5.16 Å². The van der Waals surface area contributed by atoms with E-state index in [-0.39, 0.29) is 11.7 Å². The lowest BCUT2D eigenvalue weighted by molar-refractivity contribution is 0.401. The maximum Gasteiger partial charge on any atom is 0.206 e. The van der Waals surface area contributed by atoms with Crippen LogP contribution in [0.25, 0.3) is 11.3 Å². The van der Waals surface area contributed by atoms with Gasteiger partial charge in [-0.25, -0.2) is 4.39 Å². The monoisotopic (exact) mass is 289 g/mol. The molecule has 0 fully saturated rings. The largest absolute Gasteiger partial charge is 0.348 e. The minimum atomic E-state index is -0.313. The summed E-state index contributed by atoms with van der Waals surface area (Å²) in [6.07, 6.45) is 0. The minimum Gasteiger partial charge on any atom is -0.348 e. The maximum absolute atomic E-state index is 13.0. The number of benzene rings is 1. The van der Waals surface area contributed by atoms with Crippen molar-refractivity contribution in [3.63, 3.8) is 0 Å². The van der Waals surface area contributed by atoms with Crippen LogP contribution in [0.2, 0.25) is 0 Å². The number of rotatable bonds is 2. The summed E-state index contributed by atoms with van der Waals surface area (Å²) in [4.78, 5) is 0. The highest BCUT2D eigenvalue weighted by molar-refractivity contribution is 9.10. The summed E-state index contributed by atoms with van der Waals surface area (Å²) in [7, 11) is 0. The molecule has 0 N–H and O–H groups in total. The number of hydrogen-bond acceptors (Lipinski definition) is 2. The summed E-state index contributed by atoms with van der Waals surface area (Å²) in [5.74, 6) is -0.0530. The number of hydrogen-bond donors (Lipinski definition) is 0. The summed E-state index contributed by atoms with van der Waals surface area (Å²) < 4.78 is 18.4. The molecule has 2 nitrogen and oxygen atoms in total. The Hall–Kier alpha value is -0.870. The maximum atomic E-state index is 13.0. The molecule has 0 aliphatic rings. The fourth-order valence-corrected chi connectivity index (χ4v) is 2.08. The minimum absolute atomic E-state index is 0.260. The quantitative estimate of drug-likeness (QED) is 0.782. The Morgan fingerprint density at radius 3 is 2.93 bits per heavy atom. The van der Waals surface area contributed by atoms with Crippen LogP contribution in [-0.4, -0.2) is 5.16 Å². The van der Waals surface area contributed by atoms with Crippen molar-refractivity contribution in [2.75, 3.05) is 0 Å². The second-order valence-corrected chi connectivity index (χ2v) is 3.91. The van der Waals surface area contributed by atoms with E-state index < -0.39 is 0 Å². The second-order valence-electron chi connectivity index (χ2n) is 2.93. The Labute approximate surface area is 99.2 Å². The third-order valence-electron chi connectivity index (χ3n) is 1.97. The standard InChI is InChI=1S/C10H6BrClFNO/c11-10-8(5-12)9(14-15-10)6-2-1-3-7(13)4-6/h1-4H,5H2. The first kappa shape index (κ1) is 10.6. The van der Waals surface area contributed by atoms with E-state index in [2.05, 4.69) is 21.1 Å². The lowest BCUT2D eigenvalue weighted by atomic mass is 10.1. The molecule has 2 aromatic rings. The van der Waals surface area contributed by atoms with Gasteiger partial charge < -0.3 is 4.52 Å². The van der Waals surface area contributed by atoms with Gasteiger partial charge in [0, 0.05) is 11.1 Å². The van der Waals surface area contributed by atoms with Crippen molar-refractivity contribution in [2.45, 2.75) is 5.88 Å². The van der Waals surface area contributed by atoms with Gasteiger partial charge in [-0.15, -0.1) is 11.6 Å². The number of halogens is 3. The van der Waals surface area contributed by atoms with Gasteiger partial charge in [-0.2, -0.15) is 0 Å². The molecular formula is C10H6BrClFNO. The average Bonchev–Trinajstić information content (AvgIpc) is 2.59. The average molecular weight is 291 g/mol. The normalized spacial score (nSPS) is 10.6. The Bertz CT molecular complexity index is 486. The first-order chi connectivity index (χ1) is 7.22. The van der Waals surface area contributed by atoms with Crippen LogP contribution in [0.3, 0.4) is 0 Å². The molecule has 0 saturated heterocycles. The van der Waals surface area contributed by atoms with Crippen molar-refractivity contribution < 1.29 is 8.91 Å². The van der Waals surface area contributed by atoms with Crippen LogP contribution in [0, 0.1) is 5.82 Å². The SMILES string of the molecule is Fc1cccc(-c2noc(Br)c2CCl)c1. The molecule has 78 valence electrons. The number of nitrogens with zero attached hydrogens (tertiary/aromatic N) is 1. The molecule has 0 aliphatic carbocycles. The molecule has 15 heavy (non-hydrogen) atoms. The van der Waals surface area contributed by atoms with Crippen LogP contribution in [-0.2, 0) is 5.88 Å². The molecule has 1 aromatic carbocycles. The van der Waals surface area contributed by atoms with E-state index in [1.165, 1.54) is 12.1 Å². The predicted molar refractivity (Wildman–Crippen MR) is 59.2 cm³/mol. The van der Waals surface area contributed by atoms with Gasteiger partial charge in [0.15, 0.2) is 0 Å². The highest BCUT2D eigenvalue weighted by Crippen LogP contribution is 2.30. The topological polar surface area (TPSA) is 26.0 Å². The first-order valence-electron chi connectivity index (χ1n) is 4.18. The zero-order valence-corrected chi connectivity index (χ0v) is 9.85. The van der Waals surface area contributed by atoms with E-state index >= 15 is 0 Å². The predicted octanol–water partition coefficient (Wildman–Crippen LogP) is 3.98. The van der Waals surface area contributed by atoms with Gasteiger partial charge in [0.2, 0.25) is 4.67 Å². The van der Waals surface area contributed by atoms with Crippen LogP contribution >= 0.6 is 27.5 Å². The molecule has 0 unspecified atom stereocenters. The van der Waals surface area contributed by atoms with Gasteiger partial charge >= 0.3 is 0 Å². The zero-order chi connectivity index (χ0) is 10.8. The summed E-state index contributed by atoms with van der Waals surface area (Å²) in [6, 6.07) is 6.13. The second kappa shape index (κ2) is 4.33. The summed E-state index contributed by atoms with van der Waals surface area (Å²) in [6.45, 7) is 0. The van der Waals surface area contributed by atoms with E-state index in [0.717, 1.165) is 5.56 Å². The molecule has 0 atom stereocenters. The summed E-state index contributed by atoms with van der Waals surface area (Å²) >= 11 is 8.93. The van der Waals surface area contributed by atoms with Crippen LogP contribution < -0.4 is 0 Å². The van der Waals surface area contributed by atoms with Crippen molar-refractivity contribution in [2.24, 2.45) is 0 Å². The third-order valence-corrected chi connectivity index (χ3v) is 2.86. The van der Waals surface area contributed by atoms with E-state index in [4.69, 9.17) is 16.1 Å². The molecular weight excluding hydrogens is 284 g/mol. The molecule has 2 rings (SSSR count). The lowest BCUT2D eigenvalue weighted by Gasteiger charge is -1.98. The molecule has 0 aliphatic heterocycles. The van der Waals surface area contributed by atoms with Gasteiger partial charge in [-0.3, -0.25) is 0 Å². The Morgan fingerprint density at radius 2 is 2.27 bits per heavy atom. The smallest absolute Gasteiger partial charge is 0.206 e. The van der Waals surface area contributed by atoms with E-state index in [1.807, 2.05) is 0 Å². The summed E-state index contributed by atoms with van der Waals surface area (Å²) in [5.41, 5.74) is 1.94. The van der Waals surface area contributed by atoms with E-state index in [0.29, 0.717) is 15.9 Å². The number of alkyl halides is 1. The highest BCUT2D eigenvalue weighted by atomic mass is 79.9. The molecule has 1 heterocycles. The van der Waals surface area contributed by atoms with E-state index in [9.17, 15) is 4.39 Å². The zero-order valence-electron chi connectivity index (χ0n) is 7.51. The van der Waals surface area contributed by atoms with Crippen LogP contribution in [0.1, 0.15) is 5.56 Å². The highest BCUT2D eigenvalue weighted by Gasteiger charge is 2.14. The Kier molecular flexibility index (Phi) is 3.07. The fraction of sp³-hybridized carbons (Fsp3) is 0.100. The van der Waals surface area contributed by atoms with Crippen molar-refractivity contribution >= 4 is 27.5 Å². The van der Waals surface area contributed by atoms with Gasteiger partial charge in [0.1, 0.15) is 11.5 Å². The lowest BCUT2D eigenvalue weighted by Crippen LogP contribution is -1.84. The van der Waals surface area contributed by atoms with Crippen LogP contribution in [0.4, 0.5) is 4.39 Å². The molecule has 5 heteroatoms. The summed E-state index contributed by atoms with van der Waals surface area (Å²) in [5, 5.41) is 3.82. The van der Waals surface area contributed by atoms with Gasteiger partial charge in [0.05, 0.1) is 5.88 Å². The van der Waals surface area contributed by atoms with Gasteiger partial charge in [-0.05, 0) is 28.1 Å². The molecule has 0 radical (unpaired) electrons. The van der Waals surface area contributed by atoms with Crippen molar-refractivity contribution in [1.29, 1.82) is 0 Å². The molecule has 1 aromatic heterocycles. The van der Waals surface area contributed by atoms with E-state index in [1.54, 1.807) is 12.1 Å². The molecule has 0 bridgehead atoms. The van der Waals surface area contributed by atoms with Crippen molar-refractivity contribution in [3.8, 4) is 11.3 Å². The van der Waals surface area contributed by atoms with Gasteiger partial charge in [-0.1, -0.05) is 17.3 Å². The third kappa shape index (κ3) is 2.06. The molecule has 0 saturated carbocycles. The van der Waals surface area contributed by atoms with Crippen molar-refractivity contribution in [3.05, 3.63) is 40.3 Å². The van der Waals surface area contributed by atoms with Gasteiger partial charge in [0.25, 0.3) is 0 Å². The number of aromatic nitrogens is 1. The molecule has 0 amide bonds. The van der Waals surface area contributed by atoms with Crippen LogP contribution in [0.5, 0.6) is 0 Å². The first-order valence-corrected chi connectivity index (χ1v) is 5.51.